The van der Waals surface area contributed by atoms with Crippen molar-refractivity contribution >= 4 is 5.91 Å². The number of nitrogens with zero attached hydrogens (tertiary/aromatic N) is 1. The van der Waals surface area contributed by atoms with Crippen molar-refractivity contribution in [3.63, 3.8) is 0 Å². The van der Waals surface area contributed by atoms with Crippen molar-refractivity contribution in [1.29, 1.82) is 0 Å². The molecule has 6 atom stereocenters. The molecule has 150 valence electrons. The number of carbonyl (C=O) groups excluding carboxylic acids is 1. The molecule has 2 aliphatic carbocycles. The van der Waals surface area contributed by atoms with Gasteiger partial charge in [-0.2, -0.15) is 0 Å². The Balaban J connectivity index is 1.91. The van der Waals surface area contributed by atoms with Crippen LogP contribution in [0.2, 0.25) is 0 Å². The fourth-order valence-electron chi connectivity index (χ4n) is 4.38. The Hall–Kier alpha value is -1.57. The molecule has 27 heavy (non-hydrogen) atoms. The van der Waals surface area contributed by atoms with Crippen molar-refractivity contribution in [2.24, 2.45) is 23.7 Å². The summed E-state index contributed by atoms with van der Waals surface area (Å²) in [7, 11) is 3.58. The van der Waals surface area contributed by atoms with Crippen molar-refractivity contribution in [2.45, 2.75) is 64.6 Å². The summed E-state index contributed by atoms with van der Waals surface area (Å²) in [5, 5.41) is 20.8. The summed E-state index contributed by atoms with van der Waals surface area (Å²) in [5.74, 6) is 7.22. The first-order valence-corrected chi connectivity index (χ1v) is 10.2. The molecule has 2 rings (SSSR count). The van der Waals surface area contributed by atoms with Crippen LogP contribution in [-0.2, 0) is 4.79 Å². The molecule has 2 fully saturated rings. The maximum atomic E-state index is 11.7. The fourth-order valence-corrected chi connectivity index (χ4v) is 4.38. The quantitative estimate of drug-likeness (QED) is 0.532. The lowest BCUT2D eigenvalue weighted by molar-refractivity contribution is -0.128. The second-order valence-corrected chi connectivity index (χ2v) is 8.39. The normalized spacial score (nSPS) is 30.8. The van der Waals surface area contributed by atoms with Gasteiger partial charge in [0.05, 0.1) is 12.2 Å². The van der Waals surface area contributed by atoms with Gasteiger partial charge in [0.1, 0.15) is 0 Å². The highest BCUT2D eigenvalue weighted by Crippen LogP contribution is 2.50. The largest absolute Gasteiger partial charge is 0.392 e. The lowest BCUT2D eigenvalue weighted by Crippen LogP contribution is -2.20. The topological polar surface area (TPSA) is 60.8 Å². The van der Waals surface area contributed by atoms with E-state index in [0.29, 0.717) is 24.7 Å². The summed E-state index contributed by atoms with van der Waals surface area (Å²) in [6.07, 6.45) is 10.2. The predicted molar refractivity (Wildman–Crippen MR) is 109 cm³/mol. The van der Waals surface area contributed by atoms with E-state index in [1.807, 2.05) is 26.0 Å². The number of amides is 1. The Morgan fingerprint density at radius 2 is 2.11 bits per heavy atom. The smallest absolute Gasteiger partial charge is 0.222 e. The van der Waals surface area contributed by atoms with Crippen LogP contribution in [0.5, 0.6) is 0 Å². The molecule has 0 radical (unpaired) electrons. The van der Waals surface area contributed by atoms with Crippen LogP contribution < -0.4 is 0 Å². The summed E-state index contributed by atoms with van der Waals surface area (Å²) < 4.78 is 0. The van der Waals surface area contributed by atoms with E-state index >= 15 is 0 Å². The second-order valence-electron chi connectivity index (χ2n) is 8.39. The number of hydrogen-bond donors (Lipinski definition) is 2. The number of rotatable bonds is 7. The van der Waals surface area contributed by atoms with Crippen molar-refractivity contribution in [3.8, 4) is 11.8 Å². The van der Waals surface area contributed by atoms with Crippen LogP contribution in [0, 0.1) is 35.5 Å². The van der Waals surface area contributed by atoms with E-state index in [0.717, 1.165) is 25.7 Å². The molecule has 4 nitrogen and oxygen atoms in total. The zero-order valence-electron chi connectivity index (χ0n) is 17.2. The van der Waals surface area contributed by atoms with Crippen molar-refractivity contribution in [3.05, 3.63) is 23.8 Å². The molecule has 0 heterocycles. The molecule has 0 unspecified atom stereocenters. The Morgan fingerprint density at radius 1 is 1.37 bits per heavy atom. The molecule has 0 saturated heterocycles. The van der Waals surface area contributed by atoms with Gasteiger partial charge in [0, 0.05) is 32.9 Å². The SMILES string of the molecule is CC#CC[C@H](C)[C@H](O)C=C[C@@H]1[C@H]2CC(=CCCC(=O)N(C)C)C[C@H]2C[C@H]1O. The molecule has 0 aromatic heterocycles. The number of allylic oxidation sites excluding steroid dienone is 2. The van der Waals surface area contributed by atoms with E-state index in [1.165, 1.54) is 5.57 Å². The van der Waals surface area contributed by atoms with Gasteiger partial charge in [0.25, 0.3) is 0 Å². The van der Waals surface area contributed by atoms with Gasteiger partial charge in [-0.05, 0) is 50.4 Å². The number of aliphatic hydroxyl groups is 2. The zero-order chi connectivity index (χ0) is 20.0. The van der Waals surface area contributed by atoms with Gasteiger partial charge < -0.3 is 15.1 Å². The zero-order valence-corrected chi connectivity index (χ0v) is 17.2. The maximum Gasteiger partial charge on any atom is 0.222 e. The van der Waals surface area contributed by atoms with Gasteiger partial charge in [-0.25, -0.2) is 0 Å². The van der Waals surface area contributed by atoms with Gasteiger partial charge in [0.2, 0.25) is 5.91 Å². The monoisotopic (exact) mass is 373 g/mol. The number of hydrogen-bond acceptors (Lipinski definition) is 3. The van der Waals surface area contributed by atoms with E-state index in [1.54, 1.807) is 19.0 Å². The summed E-state index contributed by atoms with van der Waals surface area (Å²) in [4.78, 5) is 13.3. The summed E-state index contributed by atoms with van der Waals surface area (Å²) >= 11 is 0. The molecular formula is C23H35NO3. The minimum Gasteiger partial charge on any atom is -0.392 e. The second kappa shape index (κ2) is 10.1. The maximum absolute atomic E-state index is 11.7. The molecule has 1 amide bonds. The molecule has 0 aromatic carbocycles. The third-order valence-electron chi connectivity index (χ3n) is 6.12. The lowest BCUT2D eigenvalue weighted by Gasteiger charge is -2.19. The minimum absolute atomic E-state index is 0.0938. The highest BCUT2D eigenvalue weighted by Gasteiger charge is 2.44. The van der Waals surface area contributed by atoms with E-state index in [4.69, 9.17) is 0 Å². The van der Waals surface area contributed by atoms with Crippen LogP contribution in [0.1, 0.15) is 52.4 Å². The third-order valence-corrected chi connectivity index (χ3v) is 6.12. The van der Waals surface area contributed by atoms with E-state index in [-0.39, 0.29) is 23.8 Å². The first kappa shape index (κ1) is 21.7. The Labute approximate surface area is 164 Å². The minimum atomic E-state index is -0.523. The van der Waals surface area contributed by atoms with E-state index in [2.05, 4.69) is 17.9 Å². The Kier molecular flexibility index (Phi) is 8.13. The Bertz CT molecular complexity index is 625. The van der Waals surface area contributed by atoms with Crippen molar-refractivity contribution in [1.82, 2.24) is 4.90 Å². The van der Waals surface area contributed by atoms with Crippen molar-refractivity contribution in [2.75, 3.05) is 14.1 Å². The molecule has 2 aliphatic rings. The number of fused-ring (bicyclic) bond motifs is 1. The van der Waals surface area contributed by atoms with Gasteiger partial charge >= 0.3 is 0 Å². The first-order chi connectivity index (χ1) is 12.8. The van der Waals surface area contributed by atoms with Gasteiger partial charge in [-0.1, -0.05) is 30.7 Å². The molecular weight excluding hydrogens is 338 g/mol. The number of aliphatic hydroxyl groups excluding tert-OH is 2. The Morgan fingerprint density at radius 3 is 2.78 bits per heavy atom. The van der Waals surface area contributed by atoms with Crippen LogP contribution in [0.15, 0.2) is 23.8 Å². The molecule has 2 N–H and O–H groups in total. The fraction of sp³-hybridized carbons (Fsp3) is 0.696. The van der Waals surface area contributed by atoms with E-state index in [9.17, 15) is 15.0 Å². The molecule has 0 spiro atoms. The highest BCUT2D eigenvalue weighted by atomic mass is 16.3. The average Bonchev–Trinajstić information content (AvgIpc) is 3.13. The highest BCUT2D eigenvalue weighted by molar-refractivity contribution is 5.75. The third kappa shape index (κ3) is 5.96. The van der Waals surface area contributed by atoms with Crippen LogP contribution in [0.4, 0.5) is 0 Å². The molecule has 4 heteroatoms. The van der Waals surface area contributed by atoms with Gasteiger partial charge in [0.15, 0.2) is 0 Å². The average molecular weight is 374 g/mol. The lowest BCUT2D eigenvalue weighted by atomic mass is 9.89. The molecule has 2 saturated carbocycles. The van der Waals surface area contributed by atoms with Crippen LogP contribution in [-0.4, -0.2) is 47.3 Å². The molecule has 0 aliphatic heterocycles. The van der Waals surface area contributed by atoms with Gasteiger partial charge in [-0.15, -0.1) is 11.8 Å². The van der Waals surface area contributed by atoms with Crippen LogP contribution in [0.25, 0.3) is 0 Å². The predicted octanol–water partition coefficient (Wildman–Crippen LogP) is 3.15. The summed E-state index contributed by atoms with van der Waals surface area (Å²) in [6.45, 7) is 3.81. The van der Waals surface area contributed by atoms with Crippen LogP contribution in [0.3, 0.4) is 0 Å². The van der Waals surface area contributed by atoms with E-state index < -0.39 is 6.10 Å². The number of carbonyl (C=O) groups is 1. The molecule has 0 aromatic rings. The molecule has 0 bridgehead atoms. The standard InChI is InChI=1S/C23H35NO3/c1-5-6-8-16(2)21(25)12-11-19-20-14-17(13-18(20)15-22(19)26)9-7-10-23(27)24(3)4/h9,11-12,16,18-22,25-26H,7-8,10,13-15H2,1-4H3/t16-,18-,19+,20-,21+,22+/m0/s1. The van der Waals surface area contributed by atoms with Crippen molar-refractivity contribution < 1.29 is 15.0 Å². The first-order valence-electron chi connectivity index (χ1n) is 10.2. The summed E-state index contributed by atoms with van der Waals surface area (Å²) in [6, 6.07) is 0. The summed E-state index contributed by atoms with van der Waals surface area (Å²) in [5.41, 5.74) is 1.42. The van der Waals surface area contributed by atoms with Gasteiger partial charge in [-0.3, -0.25) is 4.79 Å². The van der Waals surface area contributed by atoms with Crippen LogP contribution >= 0.6 is 0 Å².